The van der Waals surface area contributed by atoms with Gasteiger partial charge in [-0.2, -0.15) is 5.23 Å². The SMILES string of the molecule is CO[C@H](C(=O)Nc1ccc(C(=O)Nc2ccc(C(=O)Nc3ccc(C(=O)O)cc3OC(C)C)c(O)c2OC(C)C)cc1)[C@H](NC(=O)c1ccc(NC(=O)c2ccc([NH+]([O-])O)cc2)cc1)C(N)=O. The highest BCUT2D eigenvalue weighted by Crippen LogP contribution is 2.39. The molecule has 5 aromatic carbocycles. The summed E-state index contributed by atoms with van der Waals surface area (Å²) in [5.41, 5.74) is 6.19. The van der Waals surface area contributed by atoms with Crippen LogP contribution in [0.4, 0.5) is 28.4 Å². The van der Waals surface area contributed by atoms with Crippen LogP contribution in [0.25, 0.3) is 0 Å². The molecule has 5 aromatic rings. The minimum absolute atomic E-state index is 0.00648. The van der Waals surface area contributed by atoms with E-state index in [1.165, 1.54) is 103 Å². The number of carbonyl (C=O) groups is 7. The number of phenols is 1. The van der Waals surface area contributed by atoms with E-state index in [0.717, 1.165) is 7.11 Å². The predicted octanol–water partition coefficient (Wildman–Crippen LogP) is 4.06. The van der Waals surface area contributed by atoms with Gasteiger partial charge in [-0.25, -0.2) is 10.0 Å². The van der Waals surface area contributed by atoms with Crippen LogP contribution in [0.3, 0.4) is 0 Å². The number of nitrogens with two attached hydrogens (primary N) is 1. The Bertz CT molecular complexity index is 2650. The van der Waals surface area contributed by atoms with Gasteiger partial charge in [0.2, 0.25) is 5.91 Å². The molecule has 0 bridgehead atoms. The lowest BCUT2D eigenvalue weighted by Crippen LogP contribution is -2.99. The summed E-state index contributed by atoms with van der Waals surface area (Å²) >= 11 is 0. The molecule has 5 rings (SSSR count). The zero-order valence-corrected chi connectivity index (χ0v) is 36.5. The Morgan fingerprint density at radius 1 is 0.627 bits per heavy atom. The minimum Gasteiger partial charge on any atom is -0.595 e. The number of carbonyl (C=O) groups excluding carboxylic acids is 6. The van der Waals surface area contributed by atoms with Crippen LogP contribution in [0.15, 0.2) is 103 Å². The Labute approximate surface area is 382 Å². The second kappa shape index (κ2) is 22.0. The molecule has 0 aliphatic heterocycles. The van der Waals surface area contributed by atoms with Crippen LogP contribution in [0.5, 0.6) is 17.2 Å². The van der Waals surface area contributed by atoms with Crippen molar-refractivity contribution in [3.05, 3.63) is 136 Å². The molecule has 1 unspecified atom stereocenters. The van der Waals surface area contributed by atoms with Crippen molar-refractivity contribution < 1.29 is 68.4 Å². The Hall–Kier alpha value is -8.37. The lowest BCUT2D eigenvalue weighted by Gasteiger charge is -2.24. The molecular weight excluding hydrogens is 875 g/mol. The number of primary amides is 1. The Kier molecular flexibility index (Phi) is 16.3. The first-order valence-electron chi connectivity index (χ1n) is 20.2. The first kappa shape index (κ1) is 49.6. The number of ether oxygens (including phenoxy) is 3. The van der Waals surface area contributed by atoms with Gasteiger partial charge in [0.25, 0.3) is 29.5 Å². The second-order valence-electron chi connectivity index (χ2n) is 15.1. The number of hydrogen-bond acceptors (Lipinski definition) is 13. The monoisotopic (exact) mass is 921 g/mol. The molecule has 6 amide bonds. The Balaban J connectivity index is 1.23. The van der Waals surface area contributed by atoms with Crippen LogP contribution in [0, 0.1) is 5.21 Å². The summed E-state index contributed by atoms with van der Waals surface area (Å²) in [6, 6.07) is 21.1. The second-order valence-corrected chi connectivity index (χ2v) is 15.1. The van der Waals surface area contributed by atoms with Gasteiger partial charge in [0.15, 0.2) is 23.3 Å². The third kappa shape index (κ3) is 12.9. The number of benzene rings is 5. The average Bonchev–Trinajstić information content (AvgIpc) is 3.28. The average molecular weight is 922 g/mol. The molecule has 0 spiro atoms. The number of aromatic carboxylic acids is 1. The van der Waals surface area contributed by atoms with Crippen molar-refractivity contribution in [1.82, 2.24) is 5.32 Å². The first-order chi connectivity index (χ1) is 31.8. The summed E-state index contributed by atoms with van der Waals surface area (Å²) in [6.07, 6.45) is -2.51. The van der Waals surface area contributed by atoms with Crippen molar-refractivity contribution >= 4 is 69.8 Å². The van der Waals surface area contributed by atoms with Crippen LogP contribution < -0.4 is 47.0 Å². The number of hydrogen-bond donors (Lipinski definition) is 10. The van der Waals surface area contributed by atoms with Crippen LogP contribution in [-0.2, 0) is 14.3 Å². The lowest BCUT2D eigenvalue weighted by molar-refractivity contribution is -0.991. The van der Waals surface area contributed by atoms with E-state index < -0.39 is 70.6 Å². The van der Waals surface area contributed by atoms with Gasteiger partial charge in [0.1, 0.15) is 11.8 Å². The number of anilines is 4. The molecule has 0 aromatic heterocycles. The first-order valence-corrected chi connectivity index (χ1v) is 20.2. The van der Waals surface area contributed by atoms with Crippen molar-refractivity contribution in [2.45, 2.75) is 52.0 Å². The maximum Gasteiger partial charge on any atom is 0.335 e. The van der Waals surface area contributed by atoms with E-state index in [0.29, 0.717) is 5.69 Å². The van der Waals surface area contributed by atoms with Crippen molar-refractivity contribution in [3.8, 4) is 17.2 Å². The summed E-state index contributed by atoms with van der Waals surface area (Å²) in [4.78, 5) is 90.1. The normalized spacial score (nSPS) is 12.3. The maximum atomic E-state index is 13.4. The number of carboxylic acids is 1. The zero-order valence-electron chi connectivity index (χ0n) is 36.5. The van der Waals surface area contributed by atoms with Crippen LogP contribution in [0.1, 0.15) is 79.5 Å². The summed E-state index contributed by atoms with van der Waals surface area (Å²) in [7, 11) is 1.13. The van der Waals surface area contributed by atoms with E-state index >= 15 is 0 Å². The molecule has 21 nitrogen and oxygen atoms in total. The molecule has 3 atom stereocenters. The molecule has 21 heteroatoms. The fraction of sp³-hybridized carbons (Fsp3) is 0.196. The largest absolute Gasteiger partial charge is 0.595 e. The van der Waals surface area contributed by atoms with Gasteiger partial charge in [0, 0.05) is 47.3 Å². The van der Waals surface area contributed by atoms with Crippen LogP contribution in [-0.4, -0.2) is 88.3 Å². The molecule has 0 aliphatic rings. The van der Waals surface area contributed by atoms with Gasteiger partial charge >= 0.3 is 5.97 Å². The topological polar surface area (TPSA) is 322 Å². The zero-order chi connectivity index (χ0) is 49.1. The molecular formula is C46H47N7O14. The van der Waals surface area contributed by atoms with Gasteiger partial charge < -0.3 is 61.9 Å². The number of quaternary nitrogens is 1. The number of methoxy groups -OCH3 is 1. The molecule has 0 fully saturated rings. The molecule has 0 saturated carbocycles. The third-order valence-corrected chi connectivity index (χ3v) is 9.44. The molecule has 67 heavy (non-hydrogen) atoms. The molecule has 350 valence electrons. The van der Waals surface area contributed by atoms with Crippen molar-refractivity contribution in [3.63, 3.8) is 0 Å². The molecule has 0 saturated heterocycles. The van der Waals surface area contributed by atoms with Crippen LogP contribution in [0.2, 0.25) is 0 Å². The molecule has 11 N–H and O–H groups in total. The van der Waals surface area contributed by atoms with Gasteiger partial charge in [-0.3, -0.25) is 28.8 Å². The highest BCUT2D eigenvalue weighted by molar-refractivity contribution is 6.10. The Morgan fingerprint density at radius 2 is 1.12 bits per heavy atom. The summed E-state index contributed by atoms with van der Waals surface area (Å²) in [5, 5.41) is 52.5. The van der Waals surface area contributed by atoms with E-state index in [2.05, 4.69) is 26.6 Å². The number of aromatic hydroxyl groups is 1. The summed E-state index contributed by atoms with van der Waals surface area (Å²) < 4.78 is 16.8. The van der Waals surface area contributed by atoms with Crippen molar-refractivity contribution in [2.75, 3.05) is 28.4 Å². The van der Waals surface area contributed by atoms with Crippen molar-refractivity contribution in [2.24, 2.45) is 5.73 Å². The van der Waals surface area contributed by atoms with E-state index in [4.69, 9.17) is 25.2 Å². The number of carboxylic acid groups (broad SMARTS) is 1. The highest BCUT2D eigenvalue weighted by atomic mass is 16.8. The van der Waals surface area contributed by atoms with E-state index in [1.54, 1.807) is 27.7 Å². The van der Waals surface area contributed by atoms with Gasteiger partial charge in [0.05, 0.1) is 34.7 Å². The minimum atomic E-state index is -1.66. The standard InChI is InChI=1S/C46H47N7O14/c1-23(2)66-35-22-28(46(61)62)12-20-33(35)50-44(59)32-19-21-34(38(37(32)54)67-24(3)4)51-42(57)25-6-15-30(16-7-25)49-45(60)39(65-5)36(40(47)55)52-43(58)26-8-13-29(14-9-26)48-41(56)27-10-17-31(18-11-27)53(63)64/h6-24,36,39,53-54,63H,1-5H3,(H2,47,55)(H,48,56)(H,49,60)(H,50,59)(H,51,57)(H,52,58)(H,61,62)/t36-,39-/m0/s1. The van der Waals surface area contributed by atoms with Gasteiger partial charge in [-0.15, -0.1) is 0 Å². The molecule has 0 heterocycles. The number of nitrogens with one attached hydrogen (secondary N) is 6. The number of rotatable bonds is 19. The predicted molar refractivity (Wildman–Crippen MR) is 242 cm³/mol. The quantitative estimate of drug-likeness (QED) is 0.0523. The number of phenolic OH excluding ortho intramolecular Hbond substituents is 1. The van der Waals surface area contributed by atoms with Gasteiger partial charge in [-0.1, -0.05) is 0 Å². The van der Waals surface area contributed by atoms with E-state index in [-0.39, 0.29) is 68.2 Å². The van der Waals surface area contributed by atoms with Crippen molar-refractivity contribution in [1.29, 1.82) is 0 Å². The van der Waals surface area contributed by atoms with Gasteiger partial charge in [-0.05, 0) is 119 Å². The smallest absolute Gasteiger partial charge is 0.335 e. The lowest BCUT2D eigenvalue weighted by atomic mass is 10.1. The fourth-order valence-electron chi connectivity index (χ4n) is 6.21. The fourth-order valence-corrected chi connectivity index (χ4v) is 6.21. The number of amides is 6. The maximum absolute atomic E-state index is 13.4. The van der Waals surface area contributed by atoms with Crippen LogP contribution >= 0.6 is 0 Å². The third-order valence-electron chi connectivity index (χ3n) is 9.44. The summed E-state index contributed by atoms with van der Waals surface area (Å²) in [5.74, 6) is -6.71. The van der Waals surface area contributed by atoms with E-state index in [1.807, 2.05) is 0 Å². The summed E-state index contributed by atoms with van der Waals surface area (Å²) in [6.45, 7) is 6.77. The highest BCUT2D eigenvalue weighted by Gasteiger charge is 2.34. The Morgan fingerprint density at radius 3 is 1.64 bits per heavy atom. The molecule has 0 radical (unpaired) electrons. The molecule has 0 aliphatic carbocycles. The van der Waals surface area contributed by atoms with E-state index in [9.17, 15) is 49.0 Å².